The summed E-state index contributed by atoms with van der Waals surface area (Å²) in [7, 11) is 0. The molecule has 0 saturated carbocycles. The average molecular weight is 307 g/mol. The summed E-state index contributed by atoms with van der Waals surface area (Å²) in [6.07, 6.45) is 0.464. The van der Waals surface area contributed by atoms with Crippen molar-refractivity contribution in [2.45, 2.75) is 52.2 Å². The molecule has 1 aliphatic heterocycles. The first-order valence-corrected chi connectivity index (χ1v) is 7.54. The topological polar surface area (TPSA) is 59.0 Å². The van der Waals surface area contributed by atoms with Gasteiger partial charge in [-0.15, -0.1) is 0 Å². The summed E-state index contributed by atoms with van der Waals surface area (Å²) in [5.41, 5.74) is 0.502. The van der Waals surface area contributed by atoms with Gasteiger partial charge >= 0.3 is 6.09 Å². The van der Waals surface area contributed by atoms with Crippen molar-refractivity contribution in [1.29, 1.82) is 0 Å². The van der Waals surface area contributed by atoms with Crippen LogP contribution in [0.25, 0.3) is 0 Å². The van der Waals surface area contributed by atoms with E-state index in [1.165, 1.54) is 0 Å². The molecule has 2 rings (SSSR count). The summed E-state index contributed by atoms with van der Waals surface area (Å²) >= 11 is 0. The molecule has 1 aromatic rings. The van der Waals surface area contributed by atoms with Gasteiger partial charge in [-0.3, -0.25) is 4.90 Å². The Kier molecular flexibility index (Phi) is 4.38. The Morgan fingerprint density at radius 3 is 2.55 bits per heavy atom. The number of carbonyl (C=O) groups excluding carboxylic acids is 1. The van der Waals surface area contributed by atoms with E-state index < -0.39 is 11.2 Å². The van der Waals surface area contributed by atoms with Crippen molar-refractivity contribution >= 4 is 11.8 Å². The first-order valence-electron chi connectivity index (χ1n) is 7.54. The van der Waals surface area contributed by atoms with Crippen molar-refractivity contribution in [1.82, 2.24) is 0 Å². The molecular formula is C17H25NO4. The average Bonchev–Trinajstić information content (AvgIpc) is 2.76. The Bertz CT molecular complexity index is 555. The van der Waals surface area contributed by atoms with Gasteiger partial charge in [0, 0.05) is 12.6 Å². The smallest absolute Gasteiger partial charge is 0.414 e. The highest BCUT2D eigenvalue weighted by molar-refractivity contribution is 5.90. The molecule has 122 valence electrons. The van der Waals surface area contributed by atoms with Gasteiger partial charge in [0.25, 0.3) is 0 Å². The molecule has 1 heterocycles. The molecule has 0 spiro atoms. The molecule has 0 fully saturated rings. The number of ether oxygens (including phenoxy) is 2. The van der Waals surface area contributed by atoms with Gasteiger partial charge in [0.15, 0.2) is 0 Å². The zero-order valence-corrected chi connectivity index (χ0v) is 14.0. The predicted molar refractivity (Wildman–Crippen MR) is 85.5 cm³/mol. The fraction of sp³-hybridized carbons (Fsp3) is 0.588. The standard InChI is InChI=1S/C17H25NO4/c1-16(2,3)22-15(19)18-9-8-12-6-7-13(10-14(12)18)21-11-17(4,5)20/h6-7,10,20H,8-9,11H2,1-5H3. The maximum absolute atomic E-state index is 12.3. The summed E-state index contributed by atoms with van der Waals surface area (Å²) in [6, 6.07) is 5.65. The minimum absolute atomic E-state index is 0.193. The fourth-order valence-corrected chi connectivity index (χ4v) is 2.22. The molecule has 0 radical (unpaired) electrons. The lowest BCUT2D eigenvalue weighted by molar-refractivity contribution is 0.0284. The molecule has 1 aromatic carbocycles. The van der Waals surface area contributed by atoms with E-state index in [1.54, 1.807) is 18.7 Å². The molecule has 0 aliphatic carbocycles. The fourth-order valence-electron chi connectivity index (χ4n) is 2.22. The zero-order valence-electron chi connectivity index (χ0n) is 14.0. The first-order chi connectivity index (χ1) is 10.1. The van der Waals surface area contributed by atoms with Gasteiger partial charge in [0.05, 0.1) is 11.3 Å². The minimum atomic E-state index is -0.899. The number of nitrogens with zero attached hydrogens (tertiary/aromatic N) is 1. The van der Waals surface area contributed by atoms with Crippen LogP contribution in [0.15, 0.2) is 18.2 Å². The molecule has 0 atom stereocenters. The molecule has 22 heavy (non-hydrogen) atoms. The van der Waals surface area contributed by atoms with Crippen LogP contribution in [0.4, 0.5) is 10.5 Å². The lowest BCUT2D eigenvalue weighted by atomic mass is 10.1. The van der Waals surface area contributed by atoms with E-state index in [2.05, 4.69) is 0 Å². The van der Waals surface area contributed by atoms with Crippen LogP contribution in [0.1, 0.15) is 40.2 Å². The third kappa shape index (κ3) is 4.37. The van der Waals surface area contributed by atoms with Gasteiger partial charge in [0.2, 0.25) is 0 Å². The van der Waals surface area contributed by atoms with Crippen LogP contribution in [0.2, 0.25) is 0 Å². The second-order valence-electron chi connectivity index (χ2n) is 7.27. The number of hydrogen-bond donors (Lipinski definition) is 1. The van der Waals surface area contributed by atoms with Gasteiger partial charge in [-0.25, -0.2) is 4.79 Å². The quantitative estimate of drug-likeness (QED) is 0.932. The lowest BCUT2D eigenvalue weighted by Gasteiger charge is -2.25. The number of fused-ring (bicyclic) bond motifs is 1. The SMILES string of the molecule is CC(C)(O)COc1ccc2c(c1)N(C(=O)OC(C)(C)C)CC2. The van der Waals surface area contributed by atoms with Crippen LogP contribution < -0.4 is 9.64 Å². The van der Waals surface area contributed by atoms with E-state index in [-0.39, 0.29) is 12.7 Å². The lowest BCUT2D eigenvalue weighted by Crippen LogP contribution is -2.35. The molecule has 1 N–H and O–H groups in total. The molecular weight excluding hydrogens is 282 g/mol. The number of aliphatic hydroxyl groups is 1. The maximum Gasteiger partial charge on any atom is 0.414 e. The van der Waals surface area contributed by atoms with Crippen molar-refractivity contribution in [2.75, 3.05) is 18.1 Å². The highest BCUT2D eigenvalue weighted by atomic mass is 16.6. The highest BCUT2D eigenvalue weighted by Gasteiger charge is 2.29. The van der Waals surface area contributed by atoms with Crippen molar-refractivity contribution in [2.24, 2.45) is 0 Å². The van der Waals surface area contributed by atoms with Crippen LogP contribution in [0, 0.1) is 0 Å². The zero-order chi connectivity index (χ0) is 16.5. The van der Waals surface area contributed by atoms with Gasteiger partial charge < -0.3 is 14.6 Å². The summed E-state index contributed by atoms with van der Waals surface area (Å²) in [6.45, 7) is 9.73. The van der Waals surface area contributed by atoms with Crippen LogP contribution in [0.5, 0.6) is 5.75 Å². The summed E-state index contributed by atoms with van der Waals surface area (Å²) in [5.74, 6) is 0.635. The minimum Gasteiger partial charge on any atom is -0.491 e. The number of amides is 1. The molecule has 0 saturated heterocycles. The van der Waals surface area contributed by atoms with Crippen LogP contribution in [-0.2, 0) is 11.2 Å². The van der Waals surface area contributed by atoms with E-state index in [0.29, 0.717) is 12.3 Å². The molecule has 1 aliphatic rings. The monoisotopic (exact) mass is 307 g/mol. The maximum atomic E-state index is 12.3. The van der Waals surface area contributed by atoms with Gasteiger partial charge in [0.1, 0.15) is 18.0 Å². The van der Waals surface area contributed by atoms with Gasteiger partial charge in [-0.1, -0.05) is 6.07 Å². The third-order valence-electron chi connectivity index (χ3n) is 3.16. The molecule has 1 amide bonds. The summed E-state index contributed by atoms with van der Waals surface area (Å²) < 4.78 is 11.0. The Morgan fingerprint density at radius 1 is 1.27 bits per heavy atom. The summed E-state index contributed by atoms with van der Waals surface area (Å²) in [5, 5.41) is 9.73. The molecule has 0 bridgehead atoms. The Morgan fingerprint density at radius 2 is 1.95 bits per heavy atom. The van der Waals surface area contributed by atoms with Crippen molar-refractivity contribution < 1.29 is 19.4 Å². The van der Waals surface area contributed by atoms with E-state index >= 15 is 0 Å². The van der Waals surface area contributed by atoms with Crippen LogP contribution >= 0.6 is 0 Å². The van der Waals surface area contributed by atoms with Gasteiger partial charge in [-0.2, -0.15) is 0 Å². The molecule has 5 heteroatoms. The first kappa shape index (κ1) is 16.6. The van der Waals surface area contributed by atoms with E-state index in [1.807, 2.05) is 39.0 Å². The van der Waals surface area contributed by atoms with Crippen molar-refractivity contribution in [3.05, 3.63) is 23.8 Å². The van der Waals surface area contributed by atoms with Gasteiger partial charge in [-0.05, 0) is 52.7 Å². The largest absolute Gasteiger partial charge is 0.491 e. The highest BCUT2D eigenvalue weighted by Crippen LogP contribution is 2.33. The van der Waals surface area contributed by atoms with Crippen molar-refractivity contribution in [3.63, 3.8) is 0 Å². The summed E-state index contributed by atoms with van der Waals surface area (Å²) in [4.78, 5) is 13.9. The third-order valence-corrected chi connectivity index (χ3v) is 3.16. The second-order valence-corrected chi connectivity index (χ2v) is 7.27. The molecule has 5 nitrogen and oxygen atoms in total. The number of anilines is 1. The Hall–Kier alpha value is -1.75. The van der Waals surface area contributed by atoms with Crippen LogP contribution in [-0.4, -0.2) is 35.6 Å². The number of benzene rings is 1. The van der Waals surface area contributed by atoms with Crippen LogP contribution in [0.3, 0.4) is 0 Å². The van der Waals surface area contributed by atoms with Crippen molar-refractivity contribution in [3.8, 4) is 5.75 Å². The van der Waals surface area contributed by atoms with E-state index in [0.717, 1.165) is 17.7 Å². The Balaban J connectivity index is 2.14. The Labute approximate surface area is 131 Å². The second kappa shape index (κ2) is 5.80. The number of rotatable bonds is 3. The van der Waals surface area contributed by atoms with E-state index in [4.69, 9.17) is 9.47 Å². The normalized spacial score (nSPS) is 14.7. The van der Waals surface area contributed by atoms with E-state index in [9.17, 15) is 9.90 Å². The number of carbonyl (C=O) groups is 1. The number of hydrogen-bond acceptors (Lipinski definition) is 4. The molecule has 0 unspecified atom stereocenters. The molecule has 0 aromatic heterocycles. The predicted octanol–water partition coefficient (Wildman–Crippen LogP) is 3.13.